The van der Waals surface area contributed by atoms with Crippen LogP contribution in [0.5, 0.6) is 11.6 Å². The van der Waals surface area contributed by atoms with Crippen LogP contribution in [0.1, 0.15) is 20.7 Å². The summed E-state index contributed by atoms with van der Waals surface area (Å²) >= 11 is 0. The number of amides is 1. The molecule has 0 spiro atoms. The van der Waals surface area contributed by atoms with E-state index in [1.165, 1.54) is 36.5 Å². The number of nitrogens with one attached hydrogen (secondary N) is 1. The number of anilines is 1. The van der Waals surface area contributed by atoms with Crippen LogP contribution in [-0.4, -0.2) is 22.0 Å². The van der Waals surface area contributed by atoms with E-state index in [-0.39, 0.29) is 17.4 Å². The predicted octanol–water partition coefficient (Wildman–Crippen LogP) is 3.82. The summed E-state index contributed by atoms with van der Waals surface area (Å²) in [5.74, 6) is -0.620. The van der Waals surface area contributed by atoms with Gasteiger partial charge >= 0.3 is 5.97 Å². The van der Waals surface area contributed by atoms with Crippen molar-refractivity contribution < 1.29 is 19.4 Å². The van der Waals surface area contributed by atoms with Crippen molar-refractivity contribution in [2.24, 2.45) is 0 Å². The van der Waals surface area contributed by atoms with Gasteiger partial charge in [0, 0.05) is 23.5 Å². The average molecular weight is 334 g/mol. The standard InChI is InChI=1S/C19H14N2O4/c22-18(21-15-4-2-1-3-5-15)14-10-11-20-17(12-14)25-16-8-6-13(7-9-16)19(23)24/h1-12H,(H,21,22)(H,23,24). The Hall–Kier alpha value is -3.67. The number of carbonyl (C=O) groups is 2. The van der Waals surface area contributed by atoms with Crippen LogP contribution in [0.3, 0.4) is 0 Å². The lowest BCUT2D eigenvalue weighted by atomic mass is 10.2. The summed E-state index contributed by atoms with van der Waals surface area (Å²) in [6.45, 7) is 0. The minimum Gasteiger partial charge on any atom is -0.478 e. The molecule has 1 aromatic heterocycles. The minimum atomic E-state index is -1.01. The van der Waals surface area contributed by atoms with E-state index in [1.54, 1.807) is 18.2 Å². The molecule has 0 aliphatic carbocycles. The molecule has 6 heteroatoms. The number of carbonyl (C=O) groups excluding carboxylic acids is 1. The number of hydrogen-bond acceptors (Lipinski definition) is 4. The minimum absolute atomic E-state index is 0.163. The van der Waals surface area contributed by atoms with Crippen LogP contribution in [0.2, 0.25) is 0 Å². The van der Waals surface area contributed by atoms with E-state index in [9.17, 15) is 9.59 Å². The molecule has 0 aliphatic rings. The molecule has 0 aliphatic heterocycles. The number of ether oxygens (including phenoxy) is 1. The largest absolute Gasteiger partial charge is 0.478 e. The molecule has 0 saturated carbocycles. The molecule has 0 fully saturated rings. The van der Waals surface area contributed by atoms with Gasteiger partial charge in [-0.05, 0) is 42.5 Å². The van der Waals surface area contributed by atoms with Crippen LogP contribution in [-0.2, 0) is 0 Å². The van der Waals surface area contributed by atoms with E-state index >= 15 is 0 Å². The summed E-state index contributed by atoms with van der Waals surface area (Å²) < 4.78 is 5.57. The second-order valence-electron chi connectivity index (χ2n) is 5.13. The van der Waals surface area contributed by atoms with Crippen molar-refractivity contribution in [3.8, 4) is 11.6 Å². The summed E-state index contributed by atoms with van der Waals surface area (Å²) in [5.41, 5.74) is 1.25. The Kier molecular flexibility index (Phi) is 4.71. The van der Waals surface area contributed by atoms with Gasteiger partial charge in [-0.25, -0.2) is 9.78 Å². The van der Waals surface area contributed by atoms with Gasteiger partial charge in [0.05, 0.1) is 5.56 Å². The third-order valence-corrected chi connectivity index (χ3v) is 3.35. The van der Waals surface area contributed by atoms with E-state index in [4.69, 9.17) is 9.84 Å². The first-order chi connectivity index (χ1) is 12.1. The molecule has 0 saturated heterocycles. The SMILES string of the molecule is O=C(O)c1ccc(Oc2cc(C(=O)Nc3ccccc3)ccn2)cc1. The van der Waals surface area contributed by atoms with Gasteiger partial charge in [-0.1, -0.05) is 18.2 Å². The zero-order valence-corrected chi connectivity index (χ0v) is 13.0. The Bertz CT molecular complexity index is 893. The topological polar surface area (TPSA) is 88.5 Å². The highest BCUT2D eigenvalue weighted by atomic mass is 16.5. The van der Waals surface area contributed by atoms with E-state index in [0.717, 1.165) is 0 Å². The van der Waals surface area contributed by atoms with Gasteiger partial charge in [-0.15, -0.1) is 0 Å². The number of benzene rings is 2. The monoisotopic (exact) mass is 334 g/mol. The smallest absolute Gasteiger partial charge is 0.335 e. The molecule has 1 amide bonds. The fourth-order valence-electron chi connectivity index (χ4n) is 2.12. The first kappa shape index (κ1) is 16.2. The second-order valence-corrected chi connectivity index (χ2v) is 5.13. The fourth-order valence-corrected chi connectivity index (χ4v) is 2.12. The van der Waals surface area contributed by atoms with Crippen molar-refractivity contribution in [3.63, 3.8) is 0 Å². The van der Waals surface area contributed by atoms with Crippen molar-refractivity contribution in [1.29, 1.82) is 0 Å². The van der Waals surface area contributed by atoms with E-state index < -0.39 is 5.97 Å². The molecule has 0 bridgehead atoms. The average Bonchev–Trinajstić information content (AvgIpc) is 2.63. The number of carboxylic acid groups (broad SMARTS) is 1. The fraction of sp³-hybridized carbons (Fsp3) is 0. The van der Waals surface area contributed by atoms with Crippen molar-refractivity contribution in [2.45, 2.75) is 0 Å². The molecule has 1 heterocycles. The molecule has 124 valence electrons. The van der Waals surface area contributed by atoms with Gasteiger partial charge in [0.25, 0.3) is 5.91 Å². The lowest BCUT2D eigenvalue weighted by molar-refractivity contribution is 0.0696. The Labute approximate surface area is 143 Å². The van der Waals surface area contributed by atoms with Gasteiger partial charge in [-0.3, -0.25) is 4.79 Å². The van der Waals surface area contributed by atoms with Gasteiger partial charge < -0.3 is 15.2 Å². The van der Waals surface area contributed by atoms with Crippen molar-refractivity contribution in [1.82, 2.24) is 4.98 Å². The number of hydrogen-bond donors (Lipinski definition) is 2. The van der Waals surface area contributed by atoms with E-state index in [2.05, 4.69) is 10.3 Å². The summed E-state index contributed by atoms with van der Waals surface area (Å²) in [7, 11) is 0. The number of nitrogens with zero attached hydrogens (tertiary/aromatic N) is 1. The third-order valence-electron chi connectivity index (χ3n) is 3.35. The number of para-hydroxylation sites is 1. The van der Waals surface area contributed by atoms with E-state index in [1.807, 2.05) is 18.2 Å². The van der Waals surface area contributed by atoms with Gasteiger partial charge in [0.1, 0.15) is 5.75 Å². The Morgan fingerprint density at radius 3 is 2.32 bits per heavy atom. The summed E-state index contributed by atoms with van der Waals surface area (Å²) in [5, 5.41) is 11.7. The molecule has 0 radical (unpaired) electrons. The molecule has 3 aromatic rings. The van der Waals surface area contributed by atoms with Gasteiger partial charge in [0.2, 0.25) is 5.88 Å². The Morgan fingerprint density at radius 2 is 1.64 bits per heavy atom. The Balaban J connectivity index is 1.72. The highest BCUT2D eigenvalue weighted by Crippen LogP contribution is 2.21. The van der Waals surface area contributed by atoms with Crippen molar-refractivity contribution in [3.05, 3.63) is 84.1 Å². The lowest BCUT2D eigenvalue weighted by Crippen LogP contribution is -2.11. The zero-order chi connectivity index (χ0) is 17.6. The molecular weight excluding hydrogens is 320 g/mol. The number of rotatable bonds is 5. The maximum Gasteiger partial charge on any atom is 0.335 e. The zero-order valence-electron chi connectivity index (χ0n) is 13.0. The number of aromatic carboxylic acids is 1. The highest BCUT2D eigenvalue weighted by molar-refractivity contribution is 6.04. The first-order valence-corrected chi connectivity index (χ1v) is 7.45. The molecule has 0 unspecified atom stereocenters. The van der Waals surface area contributed by atoms with Crippen LogP contribution < -0.4 is 10.1 Å². The maximum absolute atomic E-state index is 12.3. The molecule has 2 N–H and O–H groups in total. The predicted molar refractivity (Wildman–Crippen MR) is 92.1 cm³/mol. The number of pyridine rings is 1. The third kappa shape index (κ3) is 4.20. The molecular formula is C19H14N2O4. The van der Waals surface area contributed by atoms with Gasteiger partial charge in [0.15, 0.2) is 0 Å². The maximum atomic E-state index is 12.3. The highest BCUT2D eigenvalue weighted by Gasteiger charge is 2.09. The van der Waals surface area contributed by atoms with Crippen LogP contribution >= 0.6 is 0 Å². The molecule has 3 rings (SSSR count). The van der Waals surface area contributed by atoms with E-state index in [0.29, 0.717) is 17.0 Å². The molecule has 0 atom stereocenters. The summed E-state index contributed by atoms with van der Waals surface area (Å²) in [6.07, 6.45) is 1.47. The molecule has 2 aromatic carbocycles. The van der Waals surface area contributed by atoms with Crippen LogP contribution in [0.15, 0.2) is 72.9 Å². The van der Waals surface area contributed by atoms with Crippen LogP contribution in [0, 0.1) is 0 Å². The Morgan fingerprint density at radius 1 is 0.920 bits per heavy atom. The molecule has 25 heavy (non-hydrogen) atoms. The number of aromatic nitrogens is 1. The quantitative estimate of drug-likeness (QED) is 0.740. The van der Waals surface area contributed by atoms with Crippen molar-refractivity contribution >= 4 is 17.6 Å². The van der Waals surface area contributed by atoms with Gasteiger partial charge in [-0.2, -0.15) is 0 Å². The first-order valence-electron chi connectivity index (χ1n) is 7.45. The normalized spacial score (nSPS) is 10.1. The van der Waals surface area contributed by atoms with Crippen LogP contribution in [0.4, 0.5) is 5.69 Å². The second kappa shape index (κ2) is 7.27. The molecule has 6 nitrogen and oxygen atoms in total. The number of carboxylic acids is 1. The summed E-state index contributed by atoms with van der Waals surface area (Å²) in [4.78, 5) is 27.2. The summed E-state index contributed by atoms with van der Waals surface area (Å²) in [6, 6.07) is 18.1. The van der Waals surface area contributed by atoms with Crippen molar-refractivity contribution in [2.75, 3.05) is 5.32 Å². The lowest BCUT2D eigenvalue weighted by Gasteiger charge is -2.08. The van der Waals surface area contributed by atoms with Crippen LogP contribution in [0.25, 0.3) is 0 Å².